The summed E-state index contributed by atoms with van der Waals surface area (Å²) in [5, 5.41) is 0. The van der Waals surface area contributed by atoms with E-state index in [1.807, 2.05) is 61.0 Å². The molecule has 0 bridgehead atoms. The Morgan fingerprint density at radius 3 is 1.27 bits per heavy atom. The van der Waals surface area contributed by atoms with Crippen molar-refractivity contribution in [2.24, 2.45) is 9.98 Å². The fourth-order valence-corrected chi connectivity index (χ4v) is 1.83. The van der Waals surface area contributed by atoms with Gasteiger partial charge >= 0.3 is 0 Å². The number of pyridine rings is 2. The first kappa shape index (κ1) is 13.8. The maximum atomic E-state index is 4.39. The molecule has 1 aromatic carbocycles. The molecule has 4 heteroatoms. The lowest BCUT2D eigenvalue weighted by atomic mass is 10.1. The smallest absolute Gasteiger partial charge is 0.0660 e. The summed E-state index contributed by atoms with van der Waals surface area (Å²) in [6.45, 7) is 0. The van der Waals surface area contributed by atoms with Crippen LogP contribution in [0.3, 0.4) is 0 Å². The number of rotatable bonds is 4. The Hall–Kier alpha value is -3.14. The van der Waals surface area contributed by atoms with Crippen LogP contribution in [0.25, 0.3) is 0 Å². The Morgan fingerprint density at radius 1 is 0.545 bits per heavy atom. The molecule has 0 radical (unpaired) electrons. The van der Waals surface area contributed by atoms with Gasteiger partial charge in [0.15, 0.2) is 0 Å². The summed E-state index contributed by atoms with van der Waals surface area (Å²) in [5.41, 5.74) is 3.85. The molecule has 0 fully saturated rings. The molecule has 2 aromatic heterocycles. The standard InChI is InChI=1S/C18H14N4/c1-2-16(14-22-18-7-11-20-12-8-18)4-3-15(1)13-21-17-5-9-19-10-6-17/h1-14H. The van der Waals surface area contributed by atoms with Gasteiger partial charge in [0.25, 0.3) is 0 Å². The largest absolute Gasteiger partial charge is 0.265 e. The van der Waals surface area contributed by atoms with Crippen molar-refractivity contribution < 1.29 is 0 Å². The number of aromatic nitrogens is 2. The molecule has 0 N–H and O–H groups in total. The highest BCUT2D eigenvalue weighted by atomic mass is 14.7. The molecule has 0 aliphatic heterocycles. The van der Waals surface area contributed by atoms with Gasteiger partial charge in [-0.3, -0.25) is 20.0 Å². The van der Waals surface area contributed by atoms with Crippen molar-refractivity contribution >= 4 is 23.8 Å². The molecule has 0 unspecified atom stereocenters. The van der Waals surface area contributed by atoms with Crippen molar-refractivity contribution in [1.29, 1.82) is 0 Å². The van der Waals surface area contributed by atoms with Crippen molar-refractivity contribution in [3.63, 3.8) is 0 Å². The average molecular weight is 286 g/mol. The van der Waals surface area contributed by atoms with Crippen LogP contribution in [0.1, 0.15) is 11.1 Å². The summed E-state index contributed by atoms with van der Waals surface area (Å²) in [6, 6.07) is 15.5. The van der Waals surface area contributed by atoms with Crippen molar-refractivity contribution in [1.82, 2.24) is 9.97 Å². The summed E-state index contributed by atoms with van der Waals surface area (Å²) in [6.07, 6.45) is 10.6. The molecular formula is C18H14N4. The zero-order valence-corrected chi connectivity index (χ0v) is 11.9. The second-order valence-corrected chi connectivity index (χ2v) is 4.59. The summed E-state index contributed by atoms with van der Waals surface area (Å²) in [4.78, 5) is 16.7. The van der Waals surface area contributed by atoms with Crippen LogP contribution in [-0.4, -0.2) is 22.4 Å². The van der Waals surface area contributed by atoms with Gasteiger partial charge in [-0.05, 0) is 35.4 Å². The van der Waals surface area contributed by atoms with Gasteiger partial charge in [0, 0.05) is 37.2 Å². The number of hydrogen-bond acceptors (Lipinski definition) is 4. The van der Waals surface area contributed by atoms with Crippen molar-refractivity contribution in [3.05, 3.63) is 84.4 Å². The molecule has 3 rings (SSSR count). The van der Waals surface area contributed by atoms with Crippen LogP contribution in [0.5, 0.6) is 0 Å². The van der Waals surface area contributed by atoms with E-state index >= 15 is 0 Å². The zero-order valence-electron chi connectivity index (χ0n) is 11.9. The molecule has 0 amide bonds. The lowest BCUT2D eigenvalue weighted by molar-refractivity contribution is 1.31. The van der Waals surface area contributed by atoms with Gasteiger partial charge in [0.1, 0.15) is 0 Å². The number of benzene rings is 1. The molecular weight excluding hydrogens is 272 g/mol. The Kier molecular flexibility index (Phi) is 4.42. The van der Waals surface area contributed by atoms with Crippen molar-refractivity contribution in [2.75, 3.05) is 0 Å². The van der Waals surface area contributed by atoms with Crippen LogP contribution in [0.15, 0.2) is 83.3 Å². The van der Waals surface area contributed by atoms with Crippen LogP contribution in [0, 0.1) is 0 Å². The predicted octanol–water partition coefficient (Wildman–Crippen LogP) is 3.98. The summed E-state index contributed by atoms with van der Waals surface area (Å²) in [7, 11) is 0. The molecule has 0 spiro atoms. The quantitative estimate of drug-likeness (QED) is 0.681. The number of aliphatic imine (C=N–C) groups is 2. The zero-order chi connectivity index (χ0) is 15.0. The second kappa shape index (κ2) is 7.04. The molecule has 106 valence electrons. The topological polar surface area (TPSA) is 50.5 Å². The van der Waals surface area contributed by atoms with E-state index in [0.717, 1.165) is 22.5 Å². The Labute approximate surface area is 129 Å². The van der Waals surface area contributed by atoms with Gasteiger partial charge in [0.2, 0.25) is 0 Å². The van der Waals surface area contributed by atoms with E-state index in [1.165, 1.54) is 0 Å². The first-order chi connectivity index (χ1) is 10.9. The number of nitrogens with zero attached hydrogens (tertiary/aromatic N) is 4. The summed E-state index contributed by atoms with van der Waals surface area (Å²) < 4.78 is 0. The number of hydrogen-bond donors (Lipinski definition) is 0. The molecule has 3 aromatic rings. The van der Waals surface area contributed by atoms with Gasteiger partial charge in [-0.25, -0.2) is 0 Å². The monoisotopic (exact) mass is 286 g/mol. The molecule has 0 atom stereocenters. The predicted molar refractivity (Wildman–Crippen MR) is 89.4 cm³/mol. The molecule has 0 saturated carbocycles. The van der Waals surface area contributed by atoms with Crippen molar-refractivity contribution in [3.8, 4) is 0 Å². The first-order valence-corrected chi connectivity index (χ1v) is 6.88. The minimum Gasteiger partial charge on any atom is -0.265 e. The van der Waals surface area contributed by atoms with E-state index < -0.39 is 0 Å². The van der Waals surface area contributed by atoms with Crippen molar-refractivity contribution in [2.45, 2.75) is 0 Å². The average Bonchev–Trinajstić information content (AvgIpc) is 2.61. The first-order valence-electron chi connectivity index (χ1n) is 6.88. The highest BCUT2D eigenvalue weighted by Gasteiger charge is 1.91. The van der Waals surface area contributed by atoms with Crippen LogP contribution >= 0.6 is 0 Å². The van der Waals surface area contributed by atoms with E-state index in [2.05, 4.69) is 20.0 Å². The van der Waals surface area contributed by atoms with E-state index in [1.54, 1.807) is 24.8 Å². The fourth-order valence-electron chi connectivity index (χ4n) is 1.83. The lowest BCUT2D eigenvalue weighted by Gasteiger charge is -1.96. The molecule has 2 heterocycles. The Balaban J connectivity index is 1.68. The Morgan fingerprint density at radius 2 is 0.909 bits per heavy atom. The third-order valence-corrected chi connectivity index (χ3v) is 2.99. The normalized spacial score (nSPS) is 11.3. The van der Waals surface area contributed by atoms with Gasteiger partial charge in [0.05, 0.1) is 11.4 Å². The molecule has 22 heavy (non-hydrogen) atoms. The van der Waals surface area contributed by atoms with Gasteiger partial charge in [-0.1, -0.05) is 24.3 Å². The van der Waals surface area contributed by atoms with E-state index in [-0.39, 0.29) is 0 Å². The second-order valence-electron chi connectivity index (χ2n) is 4.59. The van der Waals surface area contributed by atoms with Crippen LogP contribution in [0.4, 0.5) is 11.4 Å². The van der Waals surface area contributed by atoms with E-state index in [0.29, 0.717) is 0 Å². The SMILES string of the molecule is C(=Nc1ccncc1)c1ccc(C=Nc2ccncc2)cc1. The minimum absolute atomic E-state index is 0.887. The van der Waals surface area contributed by atoms with Crippen LogP contribution < -0.4 is 0 Å². The van der Waals surface area contributed by atoms with Crippen LogP contribution in [-0.2, 0) is 0 Å². The third kappa shape index (κ3) is 3.93. The van der Waals surface area contributed by atoms with E-state index in [9.17, 15) is 0 Å². The molecule has 0 aliphatic rings. The Bertz CT molecular complexity index is 695. The highest BCUT2D eigenvalue weighted by Crippen LogP contribution is 2.10. The molecule has 0 saturated heterocycles. The summed E-state index contributed by atoms with van der Waals surface area (Å²) >= 11 is 0. The lowest BCUT2D eigenvalue weighted by Crippen LogP contribution is -1.84. The van der Waals surface area contributed by atoms with E-state index in [4.69, 9.17) is 0 Å². The van der Waals surface area contributed by atoms with Crippen LogP contribution in [0.2, 0.25) is 0 Å². The van der Waals surface area contributed by atoms with Gasteiger partial charge in [-0.2, -0.15) is 0 Å². The highest BCUT2D eigenvalue weighted by molar-refractivity contribution is 5.86. The fraction of sp³-hybridized carbons (Fsp3) is 0. The maximum Gasteiger partial charge on any atom is 0.0660 e. The molecule has 4 nitrogen and oxygen atoms in total. The van der Waals surface area contributed by atoms with Gasteiger partial charge in [-0.15, -0.1) is 0 Å². The minimum atomic E-state index is 0.887. The summed E-state index contributed by atoms with van der Waals surface area (Å²) in [5.74, 6) is 0. The van der Waals surface area contributed by atoms with Gasteiger partial charge < -0.3 is 0 Å². The molecule has 0 aliphatic carbocycles. The maximum absolute atomic E-state index is 4.39. The third-order valence-electron chi connectivity index (χ3n) is 2.99.